The number of nitrogens with one attached hydrogen (secondary N) is 1. The molecule has 20 heavy (non-hydrogen) atoms. The smallest absolute Gasteiger partial charge is 0.407 e. The monoisotopic (exact) mass is 299 g/mol. The highest BCUT2D eigenvalue weighted by Crippen LogP contribution is 2.24. The van der Waals surface area contributed by atoms with Gasteiger partial charge in [-0.05, 0) is 24.8 Å². The largest absolute Gasteiger partial charge is 0.445 e. The van der Waals surface area contributed by atoms with Gasteiger partial charge < -0.3 is 10.1 Å². The Morgan fingerprint density at radius 3 is 2.65 bits per heavy atom. The van der Waals surface area contributed by atoms with E-state index in [-0.39, 0.29) is 6.61 Å². The van der Waals surface area contributed by atoms with Crippen LogP contribution in [0, 0.1) is 0 Å². The number of carbonyl (C=O) groups excluding carboxylic acids is 1. The Labute approximate surface area is 117 Å². The summed E-state index contributed by atoms with van der Waals surface area (Å²) in [5.74, 6) is 0. The molecule has 7 heteroatoms. The van der Waals surface area contributed by atoms with Crippen LogP contribution in [0.2, 0.25) is 0 Å². The number of hydrogen-bond acceptors (Lipinski definition) is 4. The summed E-state index contributed by atoms with van der Waals surface area (Å²) < 4.78 is 36.4. The standard InChI is InChI=1S/C13H17NO5S/c15-13(19-9-10-5-2-1-3-6-10)14-11-7-4-8-12(11)20(16,17)18/h1-3,5-6,11-12H,4,7-9H2,(H,14,15)(H,16,17,18)/t11-,12+/m0/s1. The van der Waals surface area contributed by atoms with Gasteiger partial charge in [0.15, 0.2) is 0 Å². The van der Waals surface area contributed by atoms with Crippen molar-refractivity contribution in [1.82, 2.24) is 5.32 Å². The van der Waals surface area contributed by atoms with E-state index < -0.39 is 27.5 Å². The van der Waals surface area contributed by atoms with Crippen LogP contribution in [-0.2, 0) is 21.5 Å². The molecule has 0 unspecified atom stereocenters. The SMILES string of the molecule is O=C(N[C@H]1CCC[C@H]1S(=O)(=O)O)OCc1ccccc1. The van der Waals surface area contributed by atoms with Crippen molar-refractivity contribution < 1.29 is 22.5 Å². The molecule has 0 saturated heterocycles. The first-order valence-electron chi connectivity index (χ1n) is 6.40. The first kappa shape index (κ1) is 14.8. The number of rotatable bonds is 4. The molecule has 1 aromatic carbocycles. The summed E-state index contributed by atoms with van der Waals surface area (Å²) in [7, 11) is -4.13. The van der Waals surface area contributed by atoms with Crippen LogP contribution in [-0.4, -0.2) is 30.4 Å². The van der Waals surface area contributed by atoms with Gasteiger partial charge in [-0.1, -0.05) is 30.3 Å². The molecule has 2 rings (SSSR count). The second-order valence-electron chi connectivity index (χ2n) is 4.80. The molecule has 1 aromatic rings. The summed E-state index contributed by atoms with van der Waals surface area (Å²) in [6.45, 7) is 0.121. The Bertz CT molecular complexity index is 557. The van der Waals surface area contributed by atoms with Crippen LogP contribution in [0.25, 0.3) is 0 Å². The highest BCUT2D eigenvalue weighted by molar-refractivity contribution is 7.86. The quantitative estimate of drug-likeness (QED) is 0.826. The average molecular weight is 299 g/mol. The maximum atomic E-state index is 11.6. The zero-order valence-corrected chi connectivity index (χ0v) is 11.7. The molecular formula is C13H17NO5S. The van der Waals surface area contributed by atoms with Gasteiger partial charge in [-0.25, -0.2) is 4.79 Å². The summed E-state index contributed by atoms with van der Waals surface area (Å²) in [6.07, 6.45) is 0.843. The van der Waals surface area contributed by atoms with Crippen molar-refractivity contribution >= 4 is 16.2 Å². The maximum Gasteiger partial charge on any atom is 0.407 e. The molecule has 0 heterocycles. The van der Waals surface area contributed by atoms with Crippen LogP contribution in [0.4, 0.5) is 4.79 Å². The minimum atomic E-state index is -4.13. The second kappa shape index (κ2) is 6.23. The third kappa shape index (κ3) is 3.94. The Hall–Kier alpha value is -1.60. The van der Waals surface area contributed by atoms with Crippen LogP contribution in [0.15, 0.2) is 30.3 Å². The first-order chi connectivity index (χ1) is 9.47. The lowest BCUT2D eigenvalue weighted by atomic mass is 10.2. The minimum absolute atomic E-state index is 0.121. The molecule has 2 N–H and O–H groups in total. The summed E-state index contributed by atoms with van der Waals surface area (Å²) in [5, 5.41) is 1.57. The Balaban J connectivity index is 1.85. The molecule has 110 valence electrons. The van der Waals surface area contributed by atoms with Crippen molar-refractivity contribution in [3.05, 3.63) is 35.9 Å². The molecule has 0 radical (unpaired) electrons. The van der Waals surface area contributed by atoms with Crippen molar-refractivity contribution in [2.24, 2.45) is 0 Å². The predicted molar refractivity (Wildman–Crippen MR) is 72.7 cm³/mol. The van der Waals surface area contributed by atoms with E-state index >= 15 is 0 Å². The fourth-order valence-corrected chi connectivity index (χ4v) is 3.45. The molecule has 1 fully saturated rings. The van der Waals surface area contributed by atoms with E-state index in [9.17, 15) is 13.2 Å². The number of carbonyl (C=O) groups is 1. The van der Waals surface area contributed by atoms with Crippen molar-refractivity contribution in [2.45, 2.75) is 37.2 Å². The van der Waals surface area contributed by atoms with E-state index in [0.29, 0.717) is 19.3 Å². The normalized spacial score (nSPS) is 22.4. The van der Waals surface area contributed by atoms with Crippen molar-refractivity contribution in [3.63, 3.8) is 0 Å². The molecular weight excluding hydrogens is 282 g/mol. The first-order valence-corrected chi connectivity index (χ1v) is 7.90. The summed E-state index contributed by atoms with van der Waals surface area (Å²) in [5.41, 5.74) is 0.848. The van der Waals surface area contributed by atoms with Crippen LogP contribution in [0.5, 0.6) is 0 Å². The molecule has 1 aliphatic carbocycles. The lowest BCUT2D eigenvalue weighted by molar-refractivity contribution is 0.136. The number of amides is 1. The average Bonchev–Trinajstić information content (AvgIpc) is 2.86. The van der Waals surface area contributed by atoms with E-state index in [1.54, 1.807) is 0 Å². The molecule has 6 nitrogen and oxygen atoms in total. The number of ether oxygens (including phenoxy) is 1. The van der Waals surface area contributed by atoms with E-state index in [2.05, 4.69) is 5.32 Å². The van der Waals surface area contributed by atoms with E-state index in [1.165, 1.54) is 0 Å². The third-order valence-corrected chi connectivity index (χ3v) is 4.68. The summed E-state index contributed by atoms with van der Waals surface area (Å²) in [4.78, 5) is 11.6. The van der Waals surface area contributed by atoms with Gasteiger partial charge in [-0.15, -0.1) is 0 Å². The Morgan fingerprint density at radius 2 is 2.00 bits per heavy atom. The molecule has 0 spiro atoms. The van der Waals surface area contributed by atoms with Gasteiger partial charge in [0.25, 0.3) is 10.1 Å². The molecule has 1 saturated carbocycles. The van der Waals surface area contributed by atoms with E-state index in [0.717, 1.165) is 5.56 Å². The van der Waals surface area contributed by atoms with Gasteiger partial charge >= 0.3 is 6.09 Å². The molecule has 1 aliphatic rings. The molecule has 0 bridgehead atoms. The van der Waals surface area contributed by atoms with Crippen molar-refractivity contribution in [1.29, 1.82) is 0 Å². The Kier molecular flexibility index (Phi) is 4.61. The van der Waals surface area contributed by atoms with Gasteiger partial charge in [0, 0.05) is 0 Å². The number of alkyl carbamates (subject to hydrolysis) is 1. The highest BCUT2D eigenvalue weighted by Gasteiger charge is 2.37. The predicted octanol–water partition coefficient (Wildman–Crippen LogP) is 1.72. The zero-order chi connectivity index (χ0) is 14.6. The summed E-state index contributed by atoms with van der Waals surface area (Å²) >= 11 is 0. The van der Waals surface area contributed by atoms with Gasteiger partial charge in [-0.3, -0.25) is 4.55 Å². The fraction of sp³-hybridized carbons (Fsp3) is 0.462. The van der Waals surface area contributed by atoms with Gasteiger partial charge in [0.2, 0.25) is 0 Å². The molecule has 0 aromatic heterocycles. The lowest BCUT2D eigenvalue weighted by Crippen LogP contribution is -2.43. The van der Waals surface area contributed by atoms with Crippen molar-refractivity contribution in [3.8, 4) is 0 Å². The third-order valence-electron chi connectivity index (χ3n) is 3.35. The van der Waals surface area contributed by atoms with Crippen LogP contribution >= 0.6 is 0 Å². The van der Waals surface area contributed by atoms with Gasteiger partial charge in [-0.2, -0.15) is 8.42 Å². The minimum Gasteiger partial charge on any atom is -0.445 e. The second-order valence-corrected chi connectivity index (χ2v) is 6.43. The summed E-state index contributed by atoms with van der Waals surface area (Å²) in [6, 6.07) is 8.59. The van der Waals surface area contributed by atoms with Gasteiger partial charge in [0.05, 0.1) is 6.04 Å². The topological polar surface area (TPSA) is 92.7 Å². The maximum absolute atomic E-state index is 11.6. The van der Waals surface area contributed by atoms with Crippen LogP contribution < -0.4 is 5.32 Å². The highest BCUT2D eigenvalue weighted by atomic mass is 32.2. The Morgan fingerprint density at radius 1 is 1.30 bits per heavy atom. The number of benzene rings is 1. The lowest BCUT2D eigenvalue weighted by Gasteiger charge is -2.18. The van der Waals surface area contributed by atoms with Crippen LogP contribution in [0.1, 0.15) is 24.8 Å². The van der Waals surface area contributed by atoms with Crippen molar-refractivity contribution in [2.75, 3.05) is 0 Å². The molecule has 1 amide bonds. The van der Waals surface area contributed by atoms with Crippen LogP contribution in [0.3, 0.4) is 0 Å². The number of hydrogen-bond donors (Lipinski definition) is 2. The fourth-order valence-electron chi connectivity index (χ4n) is 2.36. The van der Waals surface area contributed by atoms with E-state index in [4.69, 9.17) is 9.29 Å². The molecule has 0 aliphatic heterocycles. The van der Waals surface area contributed by atoms with E-state index in [1.807, 2.05) is 30.3 Å². The zero-order valence-electron chi connectivity index (χ0n) is 10.9. The van der Waals surface area contributed by atoms with Gasteiger partial charge in [0.1, 0.15) is 11.9 Å². The molecule has 2 atom stereocenters.